The van der Waals surface area contributed by atoms with Crippen LogP contribution in [0.4, 0.5) is 0 Å². The van der Waals surface area contributed by atoms with Gasteiger partial charge in [0.2, 0.25) is 0 Å². The van der Waals surface area contributed by atoms with Crippen LogP contribution in [0.1, 0.15) is 29.8 Å². The second-order valence-corrected chi connectivity index (χ2v) is 4.40. The van der Waals surface area contributed by atoms with Gasteiger partial charge < -0.3 is 9.47 Å². The molecule has 0 spiro atoms. The Hall–Kier alpha value is -2.29. The average molecular weight is 270 g/mol. The molecule has 2 aromatic rings. The summed E-state index contributed by atoms with van der Waals surface area (Å²) >= 11 is 0. The van der Waals surface area contributed by atoms with Gasteiger partial charge in [0.1, 0.15) is 6.61 Å². The minimum atomic E-state index is -0.0328. The molecule has 20 heavy (non-hydrogen) atoms. The van der Waals surface area contributed by atoms with Crippen molar-refractivity contribution in [3.8, 4) is 11.5 Å². The second-order valence-electron chi connectivity index (χ2n) is 4.40. The number of para-hydroxylation sites is 1. The van der Waals surface area contributed by atoms with Crippen molar-refractivity contribution in [2.24, 2.45) is 0 Å². The number of benzene rings is 2. The predicted molar refractivity (Wildman–Crippen MR) is 78.4 cm³/mol. The minimum absolute atomic E-state index is 0.0328. The van der Waals surface area contributed by atoms with Gasteiger partial charge in [-0.3, -0.25) is 4.79 Å². The lowest BCUT2D eigenvalue weighted by atomic mass is 10.1. The van der Waals surface area contributed by atoms with Crippen LogP contribution >= 0.6 is 0 Å². The van der Waals surface area contributed by atoms with Gasteiger partial charge in [0.15, 0.2) is 17.3 Å². The molecule has 0 aliphatic heterocycles. The maximum Gasteiger partial charge on any atom is 0.172 e. The molecule has 0 unspecified atom stereocenters. The van der Waals surface area contributed by atoms with E-state index in [1.54, 1.807) is 12.1 Å². The number of hydrogen-bond acceptors (Lipinski definition) is 3. The Morgan fingerprint density at radius 1 is 1.00 bits per heavy atom. The summed E-state index contributed by atoms with van der Waals surface area (Å²) < 4.78 is 11.4. The molecule has 0 aliphatic carbocycles. The number of carbonyl (C=O) groups is 1. The molecule has 2 rings (SSSR count). The van der Waals surface area contributed by atoms with Crippen molar-refractivity contribution in [3.05, 3.63) is 59.7 Å². The Morgan fingerprint density at radius 3 is 2.40 bits per heavy atom. The maximum absolute atomic E-state index is 11.7. The smallest absolute Gasteiger partial charge is 0.172 e. The summed E-state index contributed by atoms with van der Waals surface area (Å²) in [5.41, 5.74) is 1.60. The minimum Gasteiger partial charge on any atom is -0.490 e. The Bertz CT molecular complexity index is 576. The van der Waals surface area contributed by atoms with Crippen molar-refractivity contribution in [3.63, 3.8) is 0 Å². The van der Waals surface area contributed by atoms with Crippen molar-refractivity contribution in [1.82, 2.24) is 0 Å². The molecule has 0 fully saturated rings. The molecule has 0 radical (unpaired) electrons. The number of carbonyl (C=O) groups excluding carboxylic acids is 1. The highest BCUT2D eigenvalue weighted by atomic mass is 16.5. The molecule has 0 atom stereocenters. The fourth-order valence-corrected chi connectivity index (χ4v) is 1.94. The largest absolute Gasteiger partial charge is 0.490 e. The van der Waals surface area contributed by atoms with Crippen LogP contribution in [0, 0.1) is 0 Å². The lowest BCUT2D eigenvalue weighted by molar-refractivity contribution is 0.101. The molecule has 0 saturated carbocycles. The predicted octanol–water partition coefficient (Wildman–Crippen LogP) is 3.87. The molecule has 0 N–H and O–H groups in total. The first kappa shape index (κ1) is 14.1. The lowest BCUT2D eigenvalue weighted by Crippen LogP contribution is -2.04. The van der Waals surface area contributed by atoms with Crippen LogP contribution in [0.3, 0.4) is 0 Å². The fraction of sp³-hybridized carbons (Fsp3) is 0.235. The average Bonchev–Trinajstić information content (AvgIpc) is 2.47. The molecule has 0 aliphatic rings. The molecule has 2 aromatic carbocycles. The van der Waals surface area contributed by atoms with E-state index < -0.39 is 0 Å². The number of hydrogen-bond donors (Lipinski definition) is 0. The zero-order valence-corrected chi connectivity index (χ0v) is 11.8. The van der Waals surface area contributed by atoms with Gasteiger partial charge in [-0.15, -0.1) is 0 Å². The van der Waals surface area contributed by atoms with Gasteiger partial charge >= 0.3 is 0 Å². The van der Waals surface area contributed by atoms with Crippen molar-refractivity contribution in [2.45, 2.75) is 20.5 Å². The van der Waals surface area contributed by atoms with Crippen molar-refractivity contribution >= 4 is 5.78 Å². The highest BCUT2D eigenvalue weighted by molar-refractivity contribution is 5.97. The zero-order valence-electron chi connectivity index (χ0n) is 11.8. The van der Waals surface area contributed by atoms with E-state index >= 15 is 0 Å². The highest BCUT2D eigenvalue weighted by Gasteiger charge is 2.14. The Kier molecular flexibility index (Phi) is 4.77. The Labute approximate surface area is 119 Å². The molecule has 3 heteroatoms. The van der Waals surface area contributed by atoms with Crippen LogP contribution in [0.15, 0.2) is 48.5 Å². The molecule has 0 aromatic heterocycles. The van der Waals surface area contributed by atoms with E-state index in [0.717, 1.165) is 5.56 Å². The van der Waals surface area contributed by atoms with Gasteiger partial charge in [0, 0.05) is 0 Å². The first-order valence-corrected chi connectivity index (χ1v) is 6.66. The number of rotatable bonds is 6. The standard InChI is InChI=1S/C17H18O3/c1-3-19-16-11-7-10-15(13(2)18)17(16)20-12-14-8-5-4-6-9-14/h4-11H,3,12H2,1-2H3. The van der Waals surface area contributed by atoms with Crippen LogP contribution in [-0.4, -0.2) is 12.4 Å². The van der Waals surface area contributed by atoms with E-state index in [4.69, 9.17) is 9.47 Å². The van der Waals surface area contributed by atoms with Crippen LogP contribution in [-0.2, 0) is 6.61 Å². The van der Waals surface area contributed by atoms with Gasteiger partial charge in [-0.05, 0) is 31.5 Å². The van der Waals surface area contributed by atoms with Gasteiger partial charge in [0.05, 0.1) is 12.2 Å². The maximum atomic E-state index is 11.7. The summed E-state index contributed by atoms with van der Waals surface area (Å²) in [5.74, 6) is 1.09. The zero-order chi connectivity index (χ0) is 14.4. The Balaban J connectivity index is 2.26. The fourth-order valence-electron chi connectivity index (χ4n) is 1.94. The van der Waals surface area contributed by atoms with Crippen molar-refractivity contribution in [1.29, 1.82) is 0 Å². The Morgan fingerprint density at radius 2 is 1.75 bits per heavy atom. The number of ether oxygens (including phenoxy) is 2. The third-order valence-corrected chi connectivity index (χ3v) is 2.88. The highest BCUT2D eigenvalue weighted by Crippen LogP contribution is 2.32. The summed E-state index contributed by atoms with van der Waals surface area (Å²) in [6.07, 6.45) is 0. The summed E-state index contributed by atoms with van der Waals surface area (Å²) in [6.45, 7) is 4.37. The van der Waals surface area contributed by atoms with E-state index in [1.165, 1.54) is 6.92 Å². The van der Waals surface area contributed by atoms with E-state index in [-0.39, 0.29) is 5.78 Å². The van der Waals surface area contributed by atoms with Crippen LogP contribution in [0.2, 0.25) is 0 Å². The topological polar surface area (TPSA) is 35.5 Å². The molecule has 104 valence electrons. The van der Waals surface area contributed by atoms with Gasteiger partial charge in [-0.25, -0.2) is 0 Å². The third kappa shape index (κ3) is 3.38. The molecule has 0 bridgehead atoms. The number of Topliss-reactive ketones (excluding diaryl/α,β-unsaturated/α-hetero) is 1. The second kappa shape index (κ2) is 6.75. The number of ketones is 1. The molecule has 0 heterocycles. The molecule has 0 amide bonds. The molecular weight excluding hydrogens is 252 g/mol. The van der Waals surface area contributed by atoms with E-state index in [1.807, 2.05) is 43.3 Å². The van der Waals surface area contributed by atoms with E-state index in [2.05, 4.69) is 0 Å². The van der Waals surface area contributed by atoms with Crippen LogP contribution in [0.5, 0.6) is 11.5 Å². The molecular formula is C17H18O3. The molecule has 3 nitrogen and oxygen atoms in total. The van der Waals surface area contributed by atoms with Gasteiger partial charge in [-0.2, -0.15) is 0 Å². The quantitative estimate of drug-likeness (QED) is 0.747. The normalized spacial score (nSPS) is 10.1. The van der Waals surface area contributed by atoms with Crippen molar-refractivity contribution < 1.29 is 14.3 Å². The first-order valence-electron chi connectivity index (χ1n) is 6.66. The third-order valence-electron chi connectivity index (χ3n) is 2.88. The first-order chi connectivity index (χ1) is 9.72. The summed E-state index contributed by atoms with van der Waals surface area (Å²) in [7, 11) is 0. The lowest BCUT2D eigenvalue weighted by Gasteiger charge is -2.14. The van der Waals surface area contributed by atoms with Crippen LogP contribution in [0.25, 0.3) is 0 Å². The van der Waals surface area contributed by atoms with Gasteiger partial charge in [-0.1, -0.05) is 36.4 Å². The SMILES string of the molecule is CCOc1cccc(C(C)=O)c1OCc1ccccc1. The van der Waals surface area contributed by atoms with E-state index in [0.29, 0.717) is 30.3 Å². The van der Waals surface area contributed by atoms with Crippen LogP contribution < -0.4 is 9.47 Å². The summed E-state index contributed by atoms with van der Waals surface area (Å²) in [5, 5.41) is 0. The summed E-state index contributed by atoms with van der Waals surface area (Å²) in [6, 6.07) is 15.2. The van der Waals surface area contributed by atoms with Gasteiger partial charge in [0.25, 0.3) is 0 Å². The molecule has 0 saturated heterocycles. The van der Waals surface area contributed by atoms with E-state index in [9.17, 15) is 4.79 Å². The van der Waals surface area contributed by atoms with Crippen molar-refractivity contribution in [2.75, 3.05) is 6.61 Å². The monoisotopic (exact) mass is 270 g/mol. The summed E-state index contributed by atoms with van der Waals surface area (Å²) in [4.78, 5) is 11.7.